The summed E-state index contributed by atoms with van der Waals surface area (Å²) in [6.07, 6.45) is 0.825. The van der Waals surface area contributed by atoms with Crippen molar-refractivity contribution >= 4 is 45.0 Å². The van der Waals surface area contributed by atoms with E-state index < -0.39 is 0 Å². The average molecular weight is 498 g/mol. The quantitative estimate of drug-likeness (QED) is 0.279. The van der Waals surface area contributed by atoms with E-state index in [4.69, 9.17) is 14.5 Å². The molecule has 0 saturated carbocycles. The first-order valence-electron chi connectivity index (χ1n) is 10.8. The van der Waals surface area contributed by atoms with Gasteiger partial charge in [0.2, 0.25) is 0 Å². The van der Waals surface area contributed by atoms with Crippen LogP contribution in [0.2, 0.25) is 0 Å². The number of fused-ring (bicyclic) bond motifs is 1. The van der Waals surface area contributed by atoms with Crippen LogP contribution in [0.3, 0.4) is 0 Å². The van der Waals surface area contributed by atoms with E-state index in [0.29, 0.717) is 28.7 Å². The van der Waals surface area contributed by atoms with Crippen LogP contribution in [0.15, 0.2) is 72.8 Å². The van der Waals surface area contributed by atoms with Gasteiger partial charge in [-0.15, -0.1) is 12.4 Å². The molecule has 0 unspecified atom stereocenters. The summed E-state index contributed by atoms with van der Waals surface area (Å²) in [5.74, 6) is 1.94. The Morgan fingerprint density at radius 1 is 0.941 bits per heavy atom. The molecule has 6 nitrogen and oxygen atoms in total. The molecule has 1 amide bonds. The molecule has 4 aromatic rings. The van der Waals surface area contributed by atoms with E-state index in [9.17, 15) is 4.79 Å². The number of hydrogen-bond donors (Lipinski definition) is 0. The molecule has 0 aliphatic carbocycles. The third-order valence-electron chi connectivity index (χ3n) is 5.11. The Balaban J connectivity index is 0.00000324. The largest absolute Gasteiger partial charge is 0.494 e. The molecule has 34 heavy (non-hydrogen) atoms. The molecule has 8 heteroatoms. The zero-order valence-electron chi connectivity index (χ0n) is 19.4. The summed E-state index contributed by atoms with van der Waals surface area (Å²) in [5.41, 5.74) is 1.33. The van der Waals surface area contributed by atoms with Gasteiger partial charge >= 0.3 is 0 Å². The lowest BCUT2D eigenvalue weighted by atomic mass is 10.2. The summed E-state index contributed by atoms with van der Waals surface area (Å²) < 4.78 is 12.4. The zero-order chi connectivity index (χ0) is 23.2. The molecule has 0 radical (unpaired) electrons. The lowest BCUT2D eigenvalue weighted by Crippen LogP contribution is -2.33. The van der Waals surface area contributed by atoms with E-state index in [1.54, 1.807) is 18.1 Å². The fourth-order valence-corrected chi connectivity index (χ4v) is 4.50. The molecular formula is C26H28ClN3O3S. The summed E-state index contributed by atoms with van der Waals surface area (Å²) in [5, 5.41) is 0.660. The van der Waals surface area contributed by atoms with Crippen LogP contribution in [-0.4, -0.2) is 50.1 Å². The van der Waals surface area contributed by atoms with Crippen molar-refractivity contribution in [3.8, 4) is 17.2 Å². The second-order valence-corrected chi connectivity index (χ2v) is 8.87. The number of carbonyl (C=O) groups excluding carboxylic acids is 1. The minimum Gasteiger partial charge on any atom is -0.494 e. The Labute approximate surface area is 210 Å². The average Bonchev–Trinajstić information content (AvgIpc) is 3.26. The molecule has 178 valence electrons. The highest BCUT2D eigenvalue weighted by Crippen LogP contribution is 2.35. The molecule has 0 aliphatic heterocycles. The van der Waals surface area contributed by atoms with E-state index in [0.717, 1.165) is 28.9 Å². The highest BCUT2D eigenvalue weighted by atomic mass is 35.5. The maximum Gasteiger partial charge on any atom is 0.260 e. The Kier molecular flexibility index (Phi) is 8.87. The minimum absolute atomic E-state index is 0. The monoisotopic (exact) mass is 497 g/mol. The van der Waals surface area contributed by atoms with E-state index in [2.05, 4.69) is 4.90 Å². The van der Waals surface area contributed by atoms with Gasteiger partial charge in [0.15, 0.2) is 5.13 Å². The number of carbonyl (C=O) groups is 1. The van der Waals surface area contributed by atoms with Crippen LogP contribution in [0.1, 0.15) is 16.8 Å². The first-order valence-corrected chi connectivity index (χ1v) is 11.6. The standard InChI is InChI=1S/C26H27N3O3S.ClH/c1-28(2)16-9-17-29(26-27-24-22(31-3)14-8-15-23(24)33-26)25(30)19-10-7-13-21(18-19)32-20-11-5-4-6-12-20;/h4-8,10-15,18H,9,16-17H2,1-3H3;1H. The molecule has 0 spiro atoms. The first-order chi connectivity index (χ1) is 16.0. The van der Waals surface area contributed by atoms with Crippen molar-refractivity contribution in [2.24, 2.45) is 0 Å². The van der Waals surface area contributed by atoms with E-state index >= 15 is 0 Å². The van der Waals surface area contributed by atoms with Crippen LogP contribution in [0, 0.1) is 0 Å². The Hall–Kier alpha value is -3.13. The Bertz CT molecular complexity index is 1230. The fourth-order valence-electron chi connectivity index (χ4n) is 3.49. The molecule has 0 atom stereocenters. The van der Waals surface area contributed by atoms with Crippen molar-refractivity contribution in [1.82, 2.24) is 9.88 Å². The number of thiazole rings is 1. The Morgan fingerprint density at radius 2 is 1.68 bits per heavy atom. The number of ether oxygens (including phenoxy) is 2. The number of halogens is 1. The van der Waals surface area contributed by atoms with Gasteiger partial charge in [-0.1, -0.05) is 41.7 Å². The summed E-state index contributed by atoms with van der Waals surface area (Å²) in [7, 11) is 5.68. The number of aromatic nitrogens is 1. The van der Waals surface area contributed by atoms with Crippen LogP contribution in [-0.2, 0) is 0 Å². The van der Waals surface area contributed by atoms with Crippen LogP contribution >= 0.6 is 23.7 Å². The highest BCUT2D eigenvalue weighted by Gasteiger charge is 2.22. The molecule has 0 fully saturated rings. The van der Waals surface area contributed by atoms with Crippen LogP contribution in [0.5, 0.6) is 17.2 Å². The second-order valence-electron chi connectivity index (χ2n) is 7.86. The minimum atomic E-state index is -0.106. The van der Waals surface area contributed by atoms with Gasteiger partial charge in [-0.05, 0) is 69.5 Å². The molecule has 4 rings (SSSR count). The number of amides is 1. The van der Waals surface area contributed by atoms with Crippen LogP contribution in [0.25, 0.3) is 10.2 Å². The molecule has 0 aliphatic rings. The predicted octanol–water partition coefficient (Wildman–Crippen LogP) is 6.12. The number of hydrogen-bond acceptors (Lipinski definition) is 6. The van der Waals surface area contributed by atoms with Crippen molar-refractivity contribution < 1.29 is 14.3 Å². The normalized spacial score (nSPS) is 10.7. The first kappa shape index (κ1) is 25.5. The molecule has 1 aromatic heterocycles. The summed E-state index contributed by atoms with van der Waals surface area (Å²) in [6.45, 7) is 1.43. The van der Waals surface area contributed by atoms with Gasteiger partial charge < -0.3 is 14.4 Å². The van der Waals surface area contributed by atoms with Crippen molar-refractivity contribution in [3.63, 3.8) is 0 Å². The van der Waals surface area contributed by atoms with E-state index in [1.165, 1.54) is 11.3 Å². The summed E-state index contributed by atoms with van der Waals surface area (Å²) in [6, 6.07) is 22.6. The van der Waals surface area contributed by atoms with Gasteiger partial charge in [0, 0.05) is 12.1 Å². The molecule has 0 saturated heterocycles. The third kappa shape index (κ3) is 6.05. The number of para-hydroxylation sites is 2. The van der Waals surface area contributed by atoms with Gasteiger partial charge in [-0.25, -0.2) is 4.98 Å². The van der Waals surface area contributed by atoms with Gasteiger partial charge in [0.05, 0.1) is 11.8 Å². The van der Waals surface area contributed by atoms with Crippen molar-refractivity contribution in [3.05, 3.63) is 78.4 Å². The molecule has 0 bridgehead atoms. The van der Waals surface area contributed by atoms with Gasteiger partial charge in [-0.3, -0.25) is 9.69 Å². The van der Waals surface area contributed by atoms with Crippen molar-refractivity contribution in [1.29, 1.82) is 0 Å². The van der Waals surface area contributed by atoms with Crippen molar-refractivity contribution in [2.75, 3.05) is 39.2 Å². The number of benzene rings is 3. The Morgan fingerprint density at radius 3 is 2.41 bits per heavy atom. The summed E-state index contributed by atoms with van der Waals surface area (Å²) >= 11 is 1.49. The highest BCUT2D eigenvalue weighted by molar-refractivity contribution is 7.22. The maximum absolute atomic E-state index is 13.6. The SMILES string of the molecule is COc1cccc2sc(N(CCCN(C)C)C(=O)c3cccc(Oc4ccccc4)c3)nc12.Cl. The fraction of sp³-hybridized carbons (Fsp3) is 0.231. The van der Waals surface area contributed by atoms with Crippen LogP contribution in [0.4, 0.5) is 5.13 Å². The molecule has 1 heterocycles. The smallest absolute Gasteiger partial charge is 0.260 e. The molecular weight excluding hydrogens is 470 g/mol. The molecule has 3 aromatic carbocycles. The van der Waals surface area contributed by atoms with Gasteiger partial charge in [-0.2, -0.15) is 0 Å². The number of rotatable bonds is 9. The van der Waals surface area contributed by atoms with Gasteiger partial charge in [0.25, 0.3) is 5.91 Å². The number of nitrogens with zero attached hydrogens (tertiary/aromatic N) is 3. The lowest BCUT2D eigenvalue weighted by Gasteiger charge is -2.21. The summed E-state index contributed by atoms with van der Waals surface area (Å²) in [4.78, 5) is 22.3. The lowest BCUT2D eigenvalue weighted by molar-refractivity contribution is 0.0985. The van der Waals surface area contributed by atoms with E-state index in [-0.39, 0.29) is 18.3 Å². The third-order valence-corrected chi connectivity index (χ3v) is 6.16. The molecule has 0 N–H and O–H groups in total. The zero-order valence-corrected chi connectivity index (χ0v) is 21.1. The van der Waals surface area contributed by atoms with E-state index in [1.807, 2.05) is 80.8 Å². The second kappa shape index (κ2) is 11.8. The maximum atomic E-state index is 13.6. The van der Waals surface area contributed by atoms with Crippen molar-refractivity contribution in [2.45, 2.75) is 6.42 Å². The van der Waals surface area contributed by atoms with Crippen LogP contribution < -0.4 is 14.4 Å². The number of anilines is 1. The topological polar surface area (TPSA) is 54.9 Å². The van der Waals surface area contributed by atoms with Gasteiger partial charge in [0.1, 0.15) is 22.8 Å². The number of methoxy groups -OCH3 is 1. The predicted molar refractivity (Wildman–Crippen MR) is 141 cm³/mol.